The highest BCUT2D eigenvalue weighted by Gasteiger charge is 2.21. The van der Waals surface area contributed by atoms with Gasteiger partial charge in [-0.1, -0.05) is 105 Å². The van der Waals surface area contributed by atoms with Crippen molar-refractivity contribution in [2.75, 3.05) is 0 Å². The lowest BCUT2D eigenvalue weighted by Gasteiger charge is -2.02. The molecule has 8 rings (SSSR count). The summed E-state index contributed by atoms with van der Waals surface area (Å²) in [4.78, 5) is 20.1. The Hall–Kier alpha value is -2.40. The summed E-state index contributed by atoms with van der Waals surface area (Å²) in [6.45, 7) is 9.24. The Morgan fingerprint density at radius 3 is 1.16 bits per heavy atom. The highest BCUT2D eigenvalue weighted by molar-refractivity contribution is 7.31. The lowest BCUT2D eigenvalue weighted by Crippen LogP contribution is -1.85. The van der Waals surface area contributed by atoms with Crippen molar-refractivity contribution in [3.8, 4) is 68.3 Å². The monoisotopic (exact) mass is 994 g/mol. The van der Waals surface area contributed by atoms with Gasteiger partial charge in [0.05, 0.1) is 0 Å². The lowest BCUT2D eigenvalue weighted by atomic mass is 10.0. The van der Waals surface area contributed by atoms with E-state index in [-0.39, 0.29) is 0 Å². The van der Waals surface area contributed by atoms with Crippen LogP contribution in [-0.2, 0) is 25.7 Å². The molecule has 0 saturated carbocycles. The van der Waals surface area contributed by atoms with Gasteiger partial charge in [0, 0.05) is 68.3 Å². The van der Waals surface area contributed by atoms with Crippen LogP contribution in [0.2, 0.25) is 0 Å². The molecule has 0 unspecified atom stereocenters. The Morgan fingerprint density at radius 2 is 0.688 bits per heavy atom. The molecule has 0 bridgehead atoms. The van der Waals surface area contributed by atoms with Crippen molar-refractivity contribution in [2.24, 2.45) is 0 Å². The van der Waals surface area contributed by atoms with Gasteiger partial charge in [-0.05, 0) is 157 Å². The lowest BCUT2D eigenvalue weighted by molar-refractivity contribution is 0.667. The molecule has 0 radical (unpaired) electrons. The van der Waals surface area contributed by atoms with Gasteiger partial charge in [0.2, 0.25) is 0 Å². The van der Waals surface area contributed by atoms with Crippen LogP contribution in [0, 0.1) is 0 Å². The molecule has 8 aromatic rings. The van der Waals surface area contributed by atoms with E-state index >= 15 is 0 Å². The van der Waals surface area contributed by atoms with E-state index in [0.29, 0.717) is 0 Å². The smallest absolute Gasteiger partial charge is 0.0481 e. The summed E-state index contributed by atoms with van der Waals surface area (Å²) < 4.78 is 0. The number of rotatable bonds is 27. The van der Waals surface area contributed by atoms with Crippen LogP contribution in [0.25, 0.3) is 68.3 Å². The van der Waals surface area contributed by atoms with Gasteiger partial charge in [0.15, 0.2) is 0 Å². The molecule has 0 atom stereocenters. The summed E-state index contributed by atoms with van der Waals surface area (Å²) in [5.41, 5.74) is 6.13. The molecule has 0 amide bonds. The minimum atomic E-state index is 1.16. The average Bonchev–Trinajstić information content (AvgIpc) is 4.15. The van der Waals surface area contributed by atoms with Crippen LogP contribution >= 0.6 is 90.7 Å². The molecule has 64 heavy (non-hydrogen) atoms. The van der Waals surface area contributed by atoms with Crippen molar-refractivity contribution < 1.29 is 0 Å². The summed E-state index contributed by atoms with van der Waals surface area (Å²) >= 11 is 15.9. The van der Waals surface area contributed by atoms with E-state index in [2.05, 4.69) is 111 Å². The molecule has 8 heterocycles. The zero-order valence-corrected chi connectivity index (χ0v) is 45.0. The van der Waals surface area contributed by atoms with Gasteiger partial charge in [-0.25, -0.2) is 0 Å². The maximum atomic E-state index is 2.58. The number of aryl methyl sites for hydroxylation is 4. The molecule has 0 N–H and O–H groups in total. The van der Waals surface area contributed by atoms with Crippen molar-refractivity contribution in [2.45, 2.75) is 156 Å². The fraction of sp³-hybridized carbons (Fsp3) is 0.429. The number of hydrogen-bond acceptors (Lipinski definition) is 8. The minimum absolute atomic E-state index is 1.16. The number of thiophene rings is 8. The van der Waals surface area contributed by atoms with E-state index in [1.165, 1.54) is 195 Å². The highest BCUT2D eigenvalue weighted by Crippen LogP contribution is 2.50. The molecule has 0 nitrogen and oxygen atoms in total. The van der Waals surface area contributed by atoms with Gasteiger partial charge in [-0.3, -0.25) is 0 Å². The summed E-state index contributed by atoms with van der Waals surface area (Å²) in [6, 6.07) is 29.1. The Morgan fingerprint density at radius 1 is 0.297 bits per heavy atom. The molecule has 8 aromatic heterocycles. The van der Waals surface area contributed by atoms with E-state index in [1.807, 2.05) is 90.7 Å². The van der Waals surface area contributed by atoms with E-state index in [4.69, 9.17) is 0 Å². The number of unbranched alkanes of at least 4 members (excludes halogenated alkanes) is 12. The largest absolute Gasteiger partial charge is 0.143 e. The Labute approximate surface area is 417 Å². The van der Waals surface area contributed by atoms with E-state index < -0.39 is 0 Å². The van der Waals surface area contributed by atoms with Gasteiger partial charge < -0.3 is 0 Å². The molecule has 0 aromatic carbocycles. The Kier molecular flexibility index (Phi) is 18.5. The molecule has 0 spiro atoms. The van der Waals surface area contributed by atoms with Gasteiger partial charge in [0.25, 0.3) is 0 Å². The van der Waals surface area contributed by atoms with Crippen LogP contribution in [0.5, 0.6) is 0 Å². The normalized spacial score (nSPS) is 11.8. The van der Waals surface area contributed by atoms with Gasteiger partial charge in [-0.2, -0.15) is 0 Å². The molecule has 0 aliphatic carbocycles. The average molecular weight is 996 g/mol. The van der Waals surface area contributed by atoms with Gasteiger partial charge in [-0.15, -0.1) is 90.7 Å². The van der Waals surface area contributed by atoms with Crippen LogP contribution < -0.4 is 0 Å². The highest BCUT2D eigenvalue weighted by atomic mass is 32.1. The molecule has 0 aliphatic rings. The second kappa shape index (κ2) is 24.6. The molecular weight excluding hydrogens is 929 g/mol. The van der Waals surface area contributed by atoms with E-state index in [0.717, 1.165) is 12.8 Å². The first kappa shape index (κ1) is 48.1. The third-order valence-electron chi connectivity index (χ3n) is 12.3. The zero-order valence-electron chi connectivity index (χ0n) is 38.5. The fourth-order valence-corrected chi connectivity index (χ4v) is 17.8. The molecule has 338 valence electrons. The first-order valence-electron chi connectivity index (χ1n) is 24.4. The quantitative estimate of drug-likeness (QED) is 0.0451. The van der Waals surface area contributed by atoms with Crippen molar-refractivity contribution in [1.29, 1.82) is 0 Å². The molecular formula is C56H66S8. The van der Waals surface area contributed by atoms with E-state index in [9.17, 15) is 0 Å². The summed E-state index contributed by atoms with van der Waals surface area (Å²) in [5, 5.41) is 4.69. The standard InChI is InChI=1S/C56H66S8/c1-5-9-13-17-21-39-35-51(58-38-39)47-26-25-43(59-47)44-28-31-49(61-44)55-41(23-19-15-11-7-3)36-52(63-55)53-37-42(24-20-16-12-8-4)56(64-53)50-32-29-46(62-50)45-27-30-48(60-45)54-40(33-34-57-54)22-18-14-10-6-2/h25-38H,5-24H2,1-4H3. The Bertz CT molecular complexity index is 2600. The maximum Gasteiger partial charge on any atom is 0.0481 e. The van der Waals surface area contributed by atoms with Gasteiger partial charge in [0.1, 0.15) is 0 Å². The van der Waals surface area contributed by atoms with Crippen LogP contribution in [0.4, 0.5) is 0 Å². The van der Waals surface area contributed by atoms with Crippen molar-refractivity contribution >= 4 is 90.7 Å². The molecule has 0 fully saturated rings. The van der Waals surface area contributed by atoms with E-state index in [1.54, 1.807) is 11.1 Å². The van der Waals surface area contributed by atoms with Crippen LogP contribution in [0.3, 0.4) is 0 Å². The van der Waals surface area contributed by atoms with Crippen molar-refractivity contribution in [1.82, 2.24) is 0 Å². The third-order valence-corrected chi connectivity index (χ3v) is 22.3. The van der Waals surface area contributed by atoms with Crippen molar-refractivity contribution in [3.63, 3.8) is 0 Å². The van der Waals surface area contributed by atoms with Crippen LogP contribution in [-0.4, -0.2) is 0 Å². The predicted molar refractivity (Wildman–Crippen MR) is 299 cm³/mol. The SMILES string of the molecule is CCCCCCc1csc(-c2ccc(-c3ccc(-c4sc(-c5cc(CCCCCC)c(-c6ccc(-c7ccc(-c8sccc8CCCCCC)s7)s6)s5)cc4CCCCCC)s3)s2)c1. The second-order valence-electron chi connectivity index (χ2n) is 17.4. The summed E-state index contributed by atoms with van der Waals surface area (Å²) in [5.74, 6) is 0. The maximum absolute atomic E-state index is 2.58. The fourth-order valence-electron chi connectivity index (χ4n) is 8.64. The predicted octanol–water partition coefficient (Wildman–Crippen LogP) is 22.3. The molecule has 0 saturated heterocycles. The first-order valence-corrected chi connectivity index (χ1v) is 31.0. The van der Waals surface area contributed by atoms with Crippen LogP contribution in [0.15, 0.2) is 83.6 Å². The summed E-state index contributed by atoms with van der Waals surface area (Å²) in [7, 11) is 0. The minimum Gasteiger partial charge on any atom is -0.143 e. The van der Waals surface area contributed by atoms with Crippen LogP contribution in [0.1, 0.15) is 153 Å². The zero-order chi connectivity index (χ0) is 44.1. The number of hydrogen-bond donors (Lipinski definition) is 0. The summed E-state index contributed by atoms with van der Waals surface area (Å²) in [6.07, 6.45) is 25.6. The van der Waals surface area contributed by atoms with Gasteiger partial charge >= 0.3 is 0 Å². The van der Waals surface area contributed by atoms with Crippen molar-refractivity contribution in [3.05, 3.63) is 106 Å². The Balaban J connectivity index is 1.04. The third kappa shape index (κ3) is 12.4. The second-order valence-corrected chi connectivity index (χ2v) is 25.7. The first-order chi connectivity index (χ1) is 31.5. The molecule has 8 heteroatoms. The molecule has 0 aliphatic heterocycles. The topological polar surface area (TPSA) is 0 Å².